The van der Waals surface area contributed by atoms with E-state index in [-0.39, 0.29) is 5.91 Å². The van der Waals surface area contributed by atoms with Crippen LogP contribution in [0.2, 0.25) is 0 Å². The molecule has 2 aromatic carbocycles. The summed E-state index contributed by atoms with van der Waals surface area (Å²) in [4.78, 5) is 14.9. The third kappa shape index (κ3) is 5.98. The lowest BCUT2D eigenvalue weighted by molar-refractivity contribution is -0.132. The number of aromatic nitrogens is 1. The number of benzene rings is 2. The molecule has 0 unspecified atom stereocenters. The van der Waals surface area contributed by atoms with Crippen LogP contribution < -0.4 is 4.74 Å². The molecule has 29 heavy (non-hydrogen) atoms. The van der Waals surface area contributed by atoms with Crippen LogP contribution in [0.3, 0.4) is 0 Å². The summed E-state index contributed by atoms with van der Waals surface area (Å²) in [6.45, 7) is 4.11. The molecule has 3 aromatic rings. The Bertz CT molecular complexity index is 902. The van der Waals surface area contributed by atoms with Crippen molar-refractivity contribution < 1.29 is 9.53 Å². The summed E-state index contributed by atoms with van der Waals surface area (Å²) in [6.07, 6.45) is 4.62. The Labute approximate surface area is 173 Å². The van der Waals surface area contributed by atoms with Crippen LogP contribution in [0.25, 0.3) is 0 Å². The molecule has 152 valence electrons. The van der Waals surface area contributed by atoms with Crippen molar-refractivity contribution in [1.82, 2.24) is 9.47 Å². The second-order valence-corrected chi connectivity index (χ2v) is 7.32. The number of methoxy groups -OCH3 is 1. The summed E-state index contributed by atoms with van der Waals surface area (Å²) in [5, 5.41) is 0. The van der Waals surface area contributed by atoms with Gasteiger partial charge >= 0.3 is 0 Å². The molecule has 0 N–H and O–H groups in total. The van der Waals surface area contributed by atoms with Gasteiger partial charge < -0.3 is 14.2 Å². The largest absolute Gasteiger partial charge is 0.497 e. The van der Waals surface area contributed by atoms with Gasteiger partial charge in [-0.15, -0.1) is 0 Å². The van der Waals surface area contributed by atoms with E-state index in [9.17, 15) is 4.79 Å². The number of carbonyl (C=O) groups excluding carboxylic acids is 1. The zero-order chi connectivity index (χ0) is 20.5. The van der Waals surface area contributed by atoms with Crippen LogP contribution in [-0.2, 0) is 24.4 Å². The second-order valence-electron chi connectivity index (χ2n) is 7.32. The van der Waals surface area contributed by atoms with E-state index in [0.717, 1.165) is 36.4 Å². The quantitative estimate of drug-likeness (QED) is 0.473. The summed E-state index contributed by atoms with van der Waals surface area (Å²) in [5.74, 6) is 1.07. The van der Waals surface area contributed by atoms with E-state index in [4.69, 9.17) is 4.74 Å². The average Bonchev–Trinajstić information content (AvgIpc) is 3.19. The third-order valence-corrected chi connectivity index (χ3v) is 5.08. The van der Waals surface area contributed by atoms with Crippen LogP contribution in [0.4, 0.5) is 0 Å². The van der Waals surface area contributed by atoms with Crippen molar-refractivity contribution >= 4 is 5.91 Å². The molecule has 0 aliphatic heterocycles. The molecule has 0 spiro atoms. The van der Waals surface area contributed by atoms with Crippen LogP contribution in [0.1, 0.15) is 43.0 Å². The van der Waals surface area contributed by atoms with Gasteiger partial charge in [-0.2, -0.15) is 0 Å². The first-order chi connectivity index (χ1) is 14.2. The molecule has 0 aliphatic rings. The molecular formula is C25H30N2O2. The number of unbranched alkanes of at least 4 members (excludes halogenated alkanes) is 1. The molecule has 0 bridgehead atoms. The highest BCUT2D eigenvalue weighted by Gasteiger charge is 2.16. The van der Waals surface area contributed by atoms with E-state index in [1.54, 1.807) is 7.11 Å². The van der Waals surface area contributed by atoms with Gasteiger partial charge in [0.2, 0.25) is 5.91 Å². The Kier molecular flexibility index (Phi) is 7.51. The minimum atomic E-state index is 0.213. The number of rotatable bonds is 10. The number of ether oxygens (including phenoxy) is 1. The van der Waals surface area contributed by atoms with Crippen molar-refractivity contribution in [3.8, 4) is 5.75 Å². The summed E-state index contributed by atoms with van der Waals surface area (Å²) in [7, 11) is 1.68. The van der Waals surface area contributed by atoms with Gasteiger partial charge in [-0.05, 0) is 41.8 Å². The maximum absolute atomic E-state index is 12.9. The first-order valence-electron chi connectivity index (χ1n) is 10.3. The van der Waals surface area contributed by atoms with E-state index in [1.165, 1.54) is 5.56 Å². The topological polar surface area (TPSA) is 34.5 Å². The highest BCUT2D eigenvalue weighted by Crippen LogP contribution is 2.17. The standard InChI is InChI=1S/C25H30N2O2/c1-3-4-15-25(28)27(18-21-10-6-5-7-11-21)20-23-13-9-16-26(23)19-22-12-8-14-24(17-22)29-2/h5-14,16-17H,3-4,15,18-20H2,1-2H3. The second kappa shape index (κ2) is 10.5. The maximum atomic E-state index is 12.9. The Balaban J connectivity index is 1.76. The van der Waals surface area contributed by atoms with Crippen molar-refractivity contribution in [2.45, 2.75) is 45.8 Å². The summed E-state index contributed by atoms with van der Waals surface area (Å²) in [5.41, 5.74) is 3.46. The van der Waals surface area contributed by atoms with Gasteiger partial charge in [-0.25, -0.2) is 0 Å². The first kappa shape index (κ1) is 20.7. The fourth-order valence-corrected chi connectivity index (χ4v) is 3.43. The van der Waals surface area contributed by atoms with Crippen LogP contribution in [0, 0.1) is 0 Å². The molecule has 4 nitrogen and oxygen atoms in total. The van der Waals surface area contributed by atoms with Crippen molar-refractivity contribution in [3.63, 3.8) is 0 Å². The molecular weight excluding hydrogens is 360 g/mol. The van der Waals surface area contributed by atoms with E-state index < -0.39 is 0 Å². The number of carbonyl (C=O) groups is 1. The van der Waals surface area contributed by atoms with Crippen LogP contribution in [-0.4, -0.2) is 22.5 Å². The molecule has 0 saturated carbocycles. The van der Waals surface area contributed by atoms with Crippen molar-refractivity contribution in [2.24, 2.45) is 0 Å². The monoisotopic (exact) mass is 390 g/mol. The maximum Gasteiger partial charge on any atom is 0.223 e. The molecule has 1 heterocycles. The smallest absolute Gasteiger partial charge is 0.223 e. The number of nitrogens with zero attached hydrogens (tertiary/aromatic N) is 2. The van der Waals surface area contributed by atoms with Gasteiger partial charge in [0.1, 0.15) is 5.75 Å². The van der Waals surface area contributed by atoms with E-state index in [0.29, 0.717) is 19.5 Å². The van der Waals surface area contributed by atoms with Gasteiger partial charge in [-0.3, -0.25) is 4.79 Å². The highest BCUT2D eigenvalue weighted by atomic mass is 16.5. The van der Waals surface area contributed by atoms with Gasteiger partial charge in [0, 0.05) is 31.4 Å². The van der Waals surface area contributed by atoms with Gasteiger partial charge in [0.15, 0.2) is 0 Å². The number of hydrogen-bond acceptors (Lipinski definition) is 2. The predicted octanol–water partition coefficient (Wildman–Crippen LogP) is 5.26. The molecule has 0 aliphatic carbocycles. The molecule has 3 rings (SSSR count). The zero-order valence-electron chi connectivity index (χ0n) is 17.4. The SMILES string of the molecule is CCCCC(=O)N(Cc1ccccc1)Cc1cccn1Cc1cccc(OC)c1. The predicted molar refractivity (Wildman–Crippen MR) is 117 cm³/mol. The van der Waals surface area contributed by atoms with Crippen LogP contribution in [0.15, 0.2) is 72.9 Å². The van der Waals surface area contributed by atoms with Gasteiger partial charge in [0.25, 0.3) is 0 Å². The van der Waals surface area contributed by atoms with E-state index in [2.05, 4.69) is 48.0 Å². The number of hydrogen-bond donors (Lipinski definition) is 0. The van der Waals surface area contributed by atoms with Crippen molar-refractivity contribution in [3.05, 3.63) is 89.7 Å². The zero-order valence-corrected chi connectivity index (χ0v) is 17.4. The summed E-state index contributed by atoms with van der Waals surface area (Å²) < 4.78 is 7.55. The van der Waals surface area contributed by atoms with Gasteiger partial charge in [-0.1, -0.05) is 55.8 Å². The van der Waals surface area contributed by atoms with E-state index in [1.807, 2.05) is 41.3 Å². The Hall–Kier alpha value is -3.01. The average molecular weight is 391 g/mol. The lowest BCUT2D eigenvalue weighted by atomic mass is 10.1. The van der Waals surface area contributed by atoms with Gasteiger partial charge in [0.05, 0.1) is 13.7 Å². The fraction of sp³-hybridized carbons (Fsp3) is 0.320. The Morgan fingerprint density at radius 3 is 2.52 bits per heavy atom. The van der Waals surface area contributed by atoms with Crippen molar-refractivity contribution in [1.29, 1.82) is 0 Å². The number of amides is 1. The molecule has 0 atom stereocenters. The Morgan fingerprint density at radius 2 is 1.76 bits per heavy atom. The summed E-state index contributed by atoms with van der Waals surface area (Å²) >= 11 is 0. The molecule has 0 fully saturated rings. The molecule has 4 heteroatoms. The minimum Gasteiger partial charge on any atom is -0.497 e. The van der Waals surface area contributed by atoms with Crippen LogP contribution >= 0.6 is 0 Å². The Morgan fingerprint density at radius 1 is 0.966 bits per heavy atom. The highest BCUT2D eigenvalue weighted by molar-refractivity contribution is 5.76. The van der Waals surface area contributed by atoms with Crippen molar-refractivity contribution in [2.75, 3.05) is 7.11 Å². The molecule has 0 saturated heterocycles. The lowest BCUT2D eigenvalue weighted by Crippen LogP contribution is -2.30. The summed E-state index contributed by atoms with van der Waals surface area (Å²) in [6, 6.07) is 22.5. The lowest BCUT2D eigenvalue weighted by Gasteiger charge is -2.24. The molecule has 1 amide bonds. The van der Waals surface area contributed by atoms with Crippen LogP contribution in [0.5, 0.6) is 5.75 Å². The third-order valence-electron chi connectivity index (χ3n) is 5.08. The normalized spacial score (nSPS) is 10.7. The van der Waals surface area contributed by atoms with E-state index >= 15 is 0 Å². The molecule has 0 radical (unpaired) electrons. The fourth-order valence-electron chi connectivity index (χ4n) is 3.43. The first-order valence-corrected chi connectivity index (χ1v) is 10.3. The minimum absolute atomic E-state index is 0.213. The molecule has 1 aromatic heterocycles.